The number of hydrogen-bond acceptors (Lipinski definition) is 2. The Balaban J connectivity index is 2.51. The zero-order chi connectivity index (χ0) is 9.14. The molecule has 0 aromatic carbocycles. The van der Waals surface area contributed by atoms with Crippen molar-refractivity contribution in [3.8, 4) is 0 Å². The molecule has 1 aliphatic rings. The molecule has 0 aliphatic heterocycles. The first-order chi connectivity index (χ1) is 5.61. The lowest BCUT2D eigenvalue weighted by Gasteiger charge is -2.25. The van der Waals surface area contributed by atoms with Gasteiger partial charge in [-0.3, -0.25) is 9.59 Å². The monoisotopic (exact) mass is 168 g/mol. The van der Waals surface area contributed by atoms with Gasteiger partial charge in [0.1, 0.15) is 11.6 Å². The lowest BCUT2D eigenvalue weighted by Crippen LogP contribution is -2.24. The van der Waals surface area contributed by atoms with Crippen molar-refractivity contribution in [1.29, 1.82) is 0 Å². The quantitative estimate of drug-likeness (QED) is 0.631. The minimum Gasteiger partial charge on any atom is -0.300 e. The van der Waals surface area contributed by atoms with Crippen LogP contribution in [0.2, 0.25) is 0 Å². The molecule has 0 heterocycles. The van der Waals surface area contributed by atoms with E-state index in [-0.39, 0.29) is 23.4 Å². The van der Waals surface area contributed by atoms with E-state index in [0.717, 1.165) is 25.7 Å². The molecule has 2 nitrogen and oxygen atoms in total. The molecule has 0 saturated heterocycles. The smallest absolute Gasteiger partial charge is 0.132 e. The SMILES string of the molecule is CC(=O)[C@H]1CCC[C@H](C(C)=O)C1. The molecule has 0 unspecified atom stereocenters. The standard InChI is InChI=1S/C10H16O2/c1-7(11)9-4-3-5-10(6-9)8(2)12/h9-10H,3-6H2,1-2H3/t9-,10-/m0/s1. The molecule has 0 aromatic rings. The van der Waals surface area contributed by atoms with E-state index in [1.54, 1.807) is 13.8 Å². The molecule has 12 heavy (non-hydrogen) atoms. The van der Waals surface area contributed by atoms with Crippen LogP contribution < -0.4 is 0 Å². The van der Waals surface area contributed by atoms with Crippen LogP contribution >= 0.6 is 0 Å². The lowest BCUT2D eigenvalue weighted by atomic mass is 9.78. The van der Waals surface area contributed by atoms with E-state index >= 15 is 0 Å². The van der Waals surface area contributed by atoms with Crippen LogP contribution in [0, 0.1) is 11.8 Å². The summed E-state index contributed by atoms with van der Waals surface area (Å²) in [6, 6.07) is 0. The molecular weight excluding hydrogens is 152 g/mol. The van der Waals surface area contributed by atoms with Gasteiger partial charge in [0, 0.05) is 11.8 Å². The zero-order valence-corrected chi connectivity index (χ0v) is 7.80. The molecule has 0 spiro atoms. The number of hydrogen-bond donors (Lipinski definition) is 0. The molecule has 1 aliphatic carbocycles. The van der Waals surface area contributed by atoms with Gasteiger partial charge in [0.15, 0.2) is 0 Å². The van der Waals surface area contributed by atoms with Gasteiger partial charge in [0.2, 0.25) is 0 Å². The summed E-state index contributed by atoms with van der Waals surface area (Å²) in [5.74, 6) is 0.821. The molecule has 68 valence electrons. The van der Waals surface area contributed by atoms with Gasteiger partial charge in [-0.15, -0.1) is 0 Å². The van der Waals surface area contributed by atoms with E-state index in [1.807, 2.05) is 0 Å². The third-order valence-electron chi connectivity index (χ3n) is 2.82. The van der Waals surface area contributed by atoms with Crippen LogP contribution in [-0.4, -0.2) is 11.6 Å². The van der Waals surface area contributed by atoms with Crippen molar-refractivity contribution in [2.24, 2.45) is 11.8 Å². The van der Waals surface area contributed by atoms with Crippen molar-refractivity contribution in [2.75, 3.05) is 0 Å². The molecule has 0 N–H and O–H groups in total. The highest BCUT2D eigenvalue weighted by atomic mass is 16.1. The Morgan fingerprint density at radius 2 is 1.42 bits per heavy atom. The highest BCUT2D eigenvalue weighted by Crippen LogP contribution is 2.29. The third-order valence-corrected chi connectivity index (χ3v) is 2.82. The van der Waals surface area contributed by atoms with Gasteiger partial charge in [0.25, 0.3) is 0 Å². The summed E-state index contributed by atoms with van der Waals surface area (Å²) in [6.45, 7) is 3.26. The maximum Gasteiger partial charge on any atom is 0.132 e. The fourth-order valence-corrected chi connectivity index (χ4v) is 1.93. The zero-order valence-electron chi connectivity index (χ0n) is 7.80. The van der Waals surface area contributed by atoms with Crippen LogP contribution in [0.15, 0.2) is 0 Å². The average molecular weight is 168 g/mol. The average Bonchev–Trinajstić information content (AvgIpc) is 2.04. The Morgan fingerprint density at radius 3 is 1.75 bits per heavy atom. The highest BCUT2D eigenvalue weighted by molar-refractivity contribution is 5.82. The van der Waals surface area contributed by atoms with E-state index in [0.29, 0.717) is 0 Å². The Hall–Kier alpha value is -0.660. The summed E-state index contributed by atoms with van der Waals surface area (Å²) < 4.78 is 0. The Morgan fingerprint density at radius 1 is 1.00 bits per heavy atom. The van der Waals surface area contributed by atoms with Crippen molar-refractivity contribution < 1.29 is 9.59 Å². The van der Waals surface area contributed by atoms with Gasteiger partial charge in [-0.2, -0.15) is 0 Å². The molecule has 0 aromatic heterocycles. The van der Waals surface area contributed by atoms with Crippen LogP contribution in [0.1, 0.15) is 39.5 Å². The van der Waals surface area contributed by atoms with E-state index < -0.39 is 0 Å². The maximum absolute atomic E-state index is 11.1. The van der Waals surface area contributed by atoms with Crippen molar-refractivity contribution in [3.63, 3.8) is 0 Å². The highest BCUT2D eigenvalue weighted by Gasteiger charge is 2.27. The Labute approximate surface area is 73.3 Å². The van der Waals surface area contributed by atoms with Crippen molar-refractivity contribution in [2.45, 2.75) is 39.5 Å². The topological polar surface area (TPSA) is 34.1 Å². The molecule has 1 fully saturated rings. The Kier molecular flexibility index (Phi) is 3.01. The molecule has 0 radical (unpaired) electrons. The van der Waals surface area contributed by atoms with Crippen LogP contribution in [-0.2, 0) is 9.59 Å². The second kappa shape index (κ2) is 3.83. The van der Waals surface area contributed by atoms with E-state index in [9.17, 15) is 9.59 Å². The normalized spacial score (nSPS) is 29.8. The predicted octanol–water partition coefficient (Wildman–Crippen LogP) is 1.97. The number of carbonyl (C=O) groups is 2. The van der Waals surface area contributed by atoms with Gasteiger partial charge in [0.05, 0.1) is 0 Å². The molecule has 2 heteroatoms. The van der Waals surface area contributed by atoms with Crippen molar-refractivity contribution >= 4 is 11.6 Å². The largest absolute Gasteiger partial charge is 0.300 e. The first kappa shape index (κ1) is 9.43. The van der Waals surface area contributed by atoms with Crippen LogP contribution in [0.25, 0.3) is 0 Å². The molecule has 1 saturated carbocycles. The van der Waals surface area contributed by atoms with Gasteiger partial charge in [-0.25, -0.2) is 0 Å². The second-order valence-electron chi connectivity index (χ2n) is 3.78. The molecular formula is C10H16O2. The van der Waals surface area contributed by atoms with Gasteiger partial charge < -0.3 is 0 Å². The van der Waals surface area contributed by atoms with Gasteiger partial charge in [-0.05, 0) is 33.1 Å². The van der Waals surface area contributed by atoms with Crippen molar-refractivity contribution in [3.05, 3.63) is 0 Å². The van der Waals surface area contributed by atoms with E-state index in [2.05, 4.69) is 0 Å². The van der Waals surface area contributed by atoms with Gasteiger partial charge >= 0.3 is 0 Å². The second-order valence-corrected chi connectivity index (χ2v) is 3.78. The fraction of sp³-hybridized carbons (Fsp3) is 0.800. The summed E-state index contributed by atoms with van der Waals surface area (Å²) in [5.41, 5.74) is 0. The minimum atomic E-state index is 0.160. The van der Waals surface area contributed by atoms with Crippen LogP contribution in [0.5, 0.6) is 0 Å². The minimum absolute atomic E-state index is 0.160. The van der Waals surface area contributed by atoms with Gasteiger partial charge in [-0.1, -0.05) is 6.42 Å². The van der Waals surface area contributed by atoms with E-state index in [1.165, 1.54) is 0 Å². The van der Waals surface area contributed by atoms with Crippen molar-refractivity contribution in [1.82, 2.24) is 0 Å². The van der Waals surface area contributed by atoms with Crippen LogP contribution in [0.3, 0.4) is 0 Å². The van der Waals surface area contributed by atoms with E-state index in [4.69, 9.17) is 0 Å². The number of Topliss-reactive ketones (excluding diaryl/α,β-unsaturated/α-hetero) is 2. The number of carbonyl (C=O) groups excluding carboxylic acids is 2. The molecule has 1 rings (SSSR count). The summed E-state index contributed by atoms with van der Waals surface area (Å²) in [6.07, 6.45) is 3.80. The maximum atomic E-state index is 11.1. The summed E-state index contributed by atoms with van der Waals surface area (Å²) in [7, 11) is 0. The lowest BCUT2D eigenvalue weighted by molar-refractivity contribution is -0.125. The Bertz CT molecular complexity index is 176. The summed E-state index contributed by atoms with van der Waals surface area (Å²) in [5, 5.41) is 0. The number of ketones is 2. The molecule has 2 atom stereocenters. The first-order valence-corrected chi connectivity index (χ1v) is 4.62. The summed E-state index contributed by atoms with van der Waals surface area (Å²) in [4.78, 5) is 22.1. The molecule has 0 bridgehead atoms. The first-order valence-electron chi connectivity index (χ1n) is 4.62. The molecule has 0 amide bonds. The fourth-order valence-electron chi connectivity index (χ4n) is 1.93. The number of rotatable bonds is 2. The van der Waals surface area contributed by atoms with Crippen LogP contribution in [0.4, 0.5) is 0 Å². The predicted molar refractivity (Wildman–Crippen MR) is 46.8 cm³/mol. The third kappa shape index (κ3) is 2.16. The summed E-state index contributed by atoms with van der Waals surface area (Å²) >= 11 is 0.